The summed E-state index contributed by atoms with van der Waals surface area (Å²) in [5.74, 6) is -1.55. The molecule has 1 rings (SSSR count). The average Bonchev–Trinajstić information content (AvgIpc) is 3.28. The van der Waals surface area contributed by atoms with Crippen molar-refractivity contribution in [3.8, 4) is 0 Å². The van der Waals surface area contributed by atoms with Gasteiger partial charge in [-0.3, -0.25) is 4.79 Å². The SMILES string of the molecule is C=C(CC(C)(C)C)CC(C)(C)C.CC(C)(C)CC(F)(F)C(C)(C)C.CC(C)C1(C(=O)CC(C)(C)C)CC1. The van der Waals surface area contributed by atoms with Crippen LogP contribution in [0.5, 0.6) is 0 Å². The van der Waals surface area contributed by atoms with Crippen LogP contribution in [0.4, 0.5) is 8.78 Å². The molecule has 0 aromatic carbocycles. The number of carbonyl (C=O) groups is 1. The first-order valence-electron chi connectivity index (χ1n) is 14.4. The van der Waals surface area contributed by atoms with Crippen molar-refractivity contribution < 1.29 is 13.6 Å². The summed E-state index contributed by atoms with van der Waals surface area (Å²) in [6.07, 6.45) is 5.22. The number of rotatable bonds is 6. The van der Waals surface area contributed by atoms with Crippen molar-refractivity contribution in [2.24, 2.45) is 38.4 Å². The highest BCUT2D eigenvalue weighted by Crippen LogP contribution is 2.54. The monoisotopic (exact) mass is 529 g/mol. The van der Waals surface area contributed by atoms with E-state index >= 15 is 0 Å². The number of hydrogen-bond donors (Lipinski definition) is 0. The van der Waals surface area contributed by atoms with E-state index in [9.17, 15) is 13.6 Å². The van der Waals surface area contributed by atoms with Gasteiger partial charge in [-0.15, -0.1) is 0 Å². The van der Waals surface area contributed by atoms with E-state index in [2.05, 4.69) is 82.7 Å². The zero-order chi connectivity index (χ0) is 30.5. The Balaban J connectivity index is 0. The van der Waals surface area contributed by atoms with Gasteiger partial charge in [0.25, 0.3) is 5.92 Å². The number of allylic oxidation sites excluding steroid dienone is 1. The molecule has 1 saturated carbocycles. The lowest BCUT2D eigenvalue weighted by atomic mass is 9.78. The Hall–Kier alpha value is -0.730. The van der Waals surface area contributed by atoms with Crippen LogP contribution in [0.25, 0.3) is 0 Å². The standard InChI is InChI=1S/C12H22O.C12H24.C10H20F2/c1-9(2)12(6-7-12)10(13)8-11(3,4)5;1-10(8-11(2,3)4)9-12(5,6)7;1-8(2,3)7-10(11,12)9(4,5)6/h9H,6-8H2,1-5H3;1,8-9H2,2-7H3;7H2,1-6H3. The van der Waals surface area contributed by atoms with Crippen LogP contribution < -0.4 is 0 Å². The maximum atomic E-state index is 13.4. The maximum absolute atomic E-state index is 13.4. The molecule has 1 aliphatic carbocycles. The van der Waals surface area contributed by atoms with Gasteiger partial charge in [-0.1, -0.05) is 130 Å². The van der Waals surface area contributed by atoms with Crippen LogP contribution in [-0.4, -0.2) is 11.7 Å². The Morgan fingerprint density at radius 3 is 1.16 bits per heavy atom. The Morgan fingerprint density at radius 1 is 0.676 bits per heavy atom. The summed E-state index contributed by atoms with van der Waals surface area (Å²) in [4.78, 5) is 12.0. The molecule has 0 aromatic heterocycles. The fraction of sp³-hybridized carbons (Fsp3) is 0.912. The second-order valence-corrected chi connectivity index (χ2v) is 17.9. The van der Waals surface area contributed by atoms with E-state index in [-0.39, 0.29) is 22.7 Å². The van der Waals surface area contributed by atoms with Gasteiger partial charge in [0.15, 0.2) is 0 Å². The van der Waals surface area contributed by atoms with E-state index in [0.29, 0.717) is 22.5 Å². The summed E-state index contributed by atoms with van der Waals surface area (Å²) < 4.78 is 26.9. The highest BCUT2D eigenvalue weighted by Gasteiger charge is 2.51. The average molecular weight is 529 g/mol. The normalized spacial score (nSPS) is 16.3. The molecule has 0 unspecified atom stereocenters. The number of alkyl halides is 2. The predicted molar refractivity (Wildman–Crippen MR) is 161 cm³/mol. The van der Waals surface area contributed by atoms with Crippen molar-refractivity contribution in [1.82, 2.24) is 0 Å². The number of ketones is 1. The number of Topliss-reactive ketones (excluding diaryl/α,β-unsaturated/α-hetero) is 1. The first kappa shape index (κ1) is 38.4. The second kappa shape index (κ2) is 13.1. The largest absolute Gasteiger partial charge is 0.299 e. The van der Waals surface area contributed by atoms with Gasteiger partial charge in [0.1, 0.15) is 5.78 Å². The van der Waals surface area contributed by atoms with Gasteiger partial charge in [0, 0.05) is 23.7 Å². The molecule has 1 nitrogen and oxygen atoms in total. The fourth-order valence-corrected chi connectivity index (χ4v) is 4.46. The van der Waals surface area contributed by atoms with Crippen molar-refractivity contribution in [2.75, 3.05) is 0 Å². The minimum Gasteiger partial charge on any atom is -0.299 e. The topological polar surface area (TPSA) is 17.1 Å². The van der Waals surface area contributed by atoms with E-state index in [4.69, 9.17) is 0 Å². The van der Waals surface area contributed by atoms with Gasteiger partial charge < -0.3 is 0 Å². The summed E-state index contributed by atoms with van der Waals surface area (Å²) in [5, 5.41) is 0. The van der Waals surface area contributed by atoms with Gasteiger partial charge in [-0.25, -0.2) is 8.78 Å². The van der Waals surface area contributed by atoms with Gasteiger partial charge in [0.2, 0.25) is 0 Å². The Morgan fingerprint density at radius 2 is 1.00 bits per heavy atom. The molecule has 0 atom stereocenters. The first-order valence-corrected chi connectivity index (χ1v) is 14.4. The molecule has 0 bridgehead atoms. The summed E-state index contributed by atoms with van der Waals surface area (Å²) in [6, 6.07) is 0. The quantitative estimate of drug-likeness (QED) is 0.313. The van der Waals surface area contributed by atoms with E-state index in [0.717, 1.165) is 32.1 Å². The molecular formula is C34H66F2O. The van der Waals surface area contributed by atoms with Crippen LogP contribution in [0, 0.1) is 38.4 Å². The van der Waals surface area contributed by atoms with Crippen LogP contribution >= 0.6 is 0 Å². The summed E-state index contributed by atoms with van der Waals surface area (Å²) in [5.41, 5.74) is 1.16. The third-order valence-electron chi connectivity index (χ3n) is 6.55. The minimum absolute atomic E-state index is 0.0521. The van der Waals surface area contributed by atoms with Crippen LogP contribution in [0.1, 0.15) is 156 Å². The van der Waals surface area contributed by atoms with E-state index < -0.39 is 11.3 Å². The highest BCUT2D eigenvalue weighted by atomic mass is 19.3. The molecule has 222 valence electrons. The molecular weight excluding hydrogens is 462 g/mol. The van der Waals surface area contributed by atoms with Crippen LogP contribution in [0.3, 0.4) is 0 Å². The molecule has 1 aliphatic rings. The minimum atomic E-state index is -2.58. The highest BCUT2D eigenvalue weighted by molar-refractivity contribution is 5.88. The molecule has 0 radical (unpaired) electrons. The number of halogens is 2. The Bertz CT molecular complexity index is 685. The van der Waals surface area contributed by atoms with Gasteiger partial charge in [-0.05, 0) is 53.3 Å². The molecule has 0 N–H and O–H groups in total. The molecule has 0 aliphatic heterocycles. The summed E-state index contributed by atoms with van der Waals surface area (Å²) >= 11 is 0. The van der Waals surface area contributed by atoms with Crippen molar-refractivity contribution in [2.45, 2.75) is 162 Å². The van der Waals surface area contributed by atoms with E-state index in [1.165, 1.54) is 5.57 Å². The second-order valence-electron chi connectivity index (χ2n) is 17.9. The zero-order valence-corrected chi connectivity index (χ0v) is 28.2. The van der Waals surface area contributed by atoms with Crippen molar-refractivity contribution in [1.29, 1.82) is 0 Å². The zero-order valence-electron chi connectivity index (χ0n) is 28.2. The molecule has 37 heavy (non-hydrogen) atoms. The van der Waals surface area contributed by atoms with Crippen LogP contribution in [0.15, 0.2) is 12.2 Å². The van der Waals surface area contributed by atoms with Crippen molar-refractivity contribution in [3.63, 3.8) is 0 Å². The maximum Gasteiger partial charge on any atom is 0.253 e. The fourth-order valence-electron chi connectivity index (χ4n) is 4.46. The summed E-state index contributed by atoms with van der Waals surface area (Å²) in [6.45, 7) is 38.7. The number of hydrogen-bond acceptors (Lipinski definition) is 1. The Kier molecular flexibility index (Phi) is 13.6. The molecule has 3 heteroatoms. The van der Waals surface area contributed by atoms with Crippen molar-refractivity contribution >= 4 is 5.78 Å². The Labute approximate surface area is 232 Å². The third-order valence-corrected chi connectivity index (χ3v) is 6.55. The van der Waals surface area contributed by atoms with Gasteiger partial charge >= 0.3 is 0 Å². The lowest BCUT2D eigenvalue weighted by Crippen LogP contribution is -2.37. The number of carbonyl (C=O) groups excluding carboxylic acids is 1. The molecule has 0 aromatic rings. The van der Waals surface area contributed by atoms with Gasteiger partial charge in [0.05, 0.1) is 0 Å². The molecule has 0 saturated heterocycles. The van der Waals surface area contributed by atoms with Gasteiger partial charge in [-0.2, -0.15) is 0 Å². The lowest BCUT2D eigenvalue weighted by molar-refractivity contribution is -0.127. The molecule has 0 heterocycles. The molecule has 1 fully saturated rings. The molecule has 0 spiro atoms. The smallest absolute Gasteiger partial charge is 0.253 e. The first-order chi connectivity index (χ1) is 15.8. The van der Waals surface area contributed by atoms with Crippen molar-refractivity contribution in [3.05, 3.63) is 12.2 Å². The predicted octanol–water partition coefficient (Wildman–Crippen LogP) is 11.9. The lowest BCUT2D eigenvalue weighted by Gasteiger charge is -2.35. The molecule has 0 amide bonds. The van der Waals surface area contributed by atoms with Crippen LogP contribution in [-0.2, 0) is 4.79 Å². The van der Waals surface area contributed by atoms with E-state index in [1.807, 2.05) is 20.8 Å². The third kappa shape index (κ3) is 18.2. The summed E-state index contributed by atoms with van der Waals surface area (Å²) in [7, 11) is 0. The van der Waals surface area contributed by atoms with Crippen LogP contribution in [0.2, 0.25) is 0 Å². The van der Waals surface area contributed by atoms with E-state index in [1.54, 1.807) is 20.8 Å².